The van der Waals surface area contributed by atoms with Crippen molar-refractivity contribution < 1.29 is 14.3 Å². The van der Waals surface area contributed by atoms with Crippen LogP contribution in [0.2, 0.25) is 0 Å². The fourth-order valence-corrected chi connectivity index (χ4v) is 5.15. The molecule has 2 aromatic rings. The van der Waals surface area contributed by atoms with E-state index in [1.54, 1.807) is 0 Å². The van der Waals surface area contributed by atoms with Crippen molar-refractivity contribution in [2.24, 2.45) is 5.92 Å². The van der Waals surface area contributed by atoms with E-state index in [9.17, 15) is 4.79 Å². The van der Waals surface area contributed by atoms with Gasteiger partial charge in [-0.2, -0.15) is 0 Å². The predicted octanol–water partition coefficient (Wildman–Crippen LogP) is 4.90. The molecule has 0 bridgehead atoms. The van der Waals surface area contributed by atoms with Crippen LogP contribution in [0.1, 0.15) is 30.6 Å². The Kier molecular flexibility index (Phi) is 5.69. The molecule has 1 fully saturated rings. The fraction of sp³-hybridized carbons (Fsp3) is 0.409. The first-order chi connectivity index (χ1) is 13.2. The third-order valence-corrected chi connectivity index (χ3v) is 6.43. The normalized spacial score (nSPS) is 22.1. The number of esters is 1. The van der Waals surface area contributed by atoms with E-state index in [1.165, 1.54) is 5.56 Å². The van der Waals surface area contributed by atoms with Crippen LogP contribution in [-0.4, -0.2) is 37.1 Å². The topological polar surface area (TPSA) is 38.8 Å². The lowest BCUT2D eigenvalue weighted by atomic mass is 9.97. The maximum absolute atomic E-state index is 12.2. The van der Waals surface area contributed by atoms with Crippen molar-refractivity contribution in [1.29, 1.82) is 0 Å². The molecule has 2 aliphatic heterocycles. The van der Waals surface area contributed by atoms with Crippen LogP contribution in [0.3, 0.4) is 0 Å². The summed E-state index contributed by atoms with van der Waals surface area (Å²) in [6.07, 6.45) is 1.96. The Hall–Kier alpha value is -1.98. The Morgan fingerprint density at radius 2 is 1.96 bits per heavy atom. The number of fused-ring (bicyclic) bond motifs is 2. The van der Waals surface area contributed by atoms with Gasteiger partial charge in [0.1, 0.15) is 11.5 Å². The minimum atomic E-state index is -0.0511. The molecular weight excluding hydrogens is 358 g/mol. The van der Waals surface area contributed by atoms with Gasteiger partial charge in [-0.15, -0.1) is 11.8 Å². The van der Waals surface area contributed by atoms with Gasteiger partial charge in [0.15, 0.2) is 0 Å². The SMILES string of the molecule is CCOC(=O)C1CCCN(C[C@@H]2Sc3ccccc3Oc3ccccc32)C1. The third kappa shape index (κ3) is 4.14. The van der Waals surface area contributed by atoms with Crippen LogP contribution in [-0.2, 0) is 9.53 Å². The van der Waals surface area contributed by atoms with Crippen LogP contribution in [0.15, 0.2) is 53.4 Å². The van der Waals surface area contributed by atoms with Gasteiger partial charge in [-0.1, -0.05) is 30.3 Å². The molecule has 0 aromatic heterocycles. The van der Waals surface area contributed by atoms with Crippen LogP contribution in [0.4, 0.5) is 0 Å². The van der Waals surface area contributed by atoms with Crippen LogP contribution in [0, 0.1) is 5.92 Å². The molecule has 4 rings (SSSR count). The maximum atomic E-state index is 12.2. The molecule has 0 spiro atoms. The van der Waals surface area contributed by atoms with Crippen molar-refractivity contribution in [2.45, 2.75) is 29.9 Å². The van der Waals surface area contributed by atoms with Crippen LogP contribution in [0.25, 0.3) is 0 Å². The number of ether oxygens (including phenoxy) is 2. The van der Waals surface area contributed by atoms with Crippen molar-refractivity contribution >= 4 is 17.7 Å². The van der Waals surface area contributed by atoms with Gasteiger partial charge in [-0.05, 0) is 44.5 Å². The first-order valence-electron chi connectivity index (χ1n) is 9.66. The van der Waals surface area contributed by atoms with E-state index < -0.39 is 0 Å². The fourth-order valence-electron chi connectivity index (χ4n) is 3.85. The summed E-state index contributed by atoms with van der Waals surface area (Å²) in [5, 5.41) is 0.269. The van der Waals surface area contributed by atoms with Gasteiger partial charge in [-0.25, -0.2) is 0 Å². The second-order valence-corrected chi connectivity index (χ2v) is 8.29. The summed E-state index contributed by atoms with van der Waals surface area (Å²) < 4.78 is 11.5. The number of piperidine rings is 1. The maximum Gasteiger partial charge on any atom is 0.310 e. The number of hydrogen-bond acceptors (Lipinski definition) is 5. The number of para-hydroxylation sites is 2. The Labute approximate surface area is 164 Å². The zero-order valence-corrected chi connectivity index (χ0v) is 16.4. The van der Waals surface area contributed by atoms with Crippen LogP contribution < -0.4 is 4.74 Å². The molecule has 4 nitrogen and oxygen atoms in total. The first-order valence-corrected chi connectivity index (χ1v) is 10.5. The van der Waals surface area contributed by atoms with Gasteiger partial charge in [0.2, 0.25) is 0 Å². The highest BCUT2D eigenvalue weighted by molar-refractivity contribution is 7.99. The third-order valence-electron chi connectivity index (χ3n) is 5.15. The highest BCUT2D eigenvalue weighted by atomic mass is 32.2. The lowest BCUT2D eigenvalue weighted by molar-refractivity contribution is -0.149. The zero-order valence-electron chi connectivity index (χ0n) is 15.6. The average Bonchev–Trinajstić information content (AvgIpc) is 2.85. The molecule has 1 unspecified atom stereocenters. The van der Waals surface area contributed by atoms with Gasteiger partial charge >= 0.3 is 5.97 Å². The molecule has 0 saturated carbocycles. The van der Waals surface area contributed by atoms with Crippen molar-refractivity contribution in [3.63, 3.8) is 0 Å². The van der Waals surface area contributed by atoms with Crippen molar-refractivity contribution in [3.05, 3.63) is 54.1 Å². The van der Waals surface area contributed by atoms with Crippen LogP contribution >= 0.6 is 11.8 Å². The molecule has 2 atom stereocenters. The Bertz CT molecular complexity index is 810. The molecule has 2 heterocycles. The number of carbonyl (C=O) groups is 1. The molecule has 2 aromatic carbocycles. The van der Waals surface area contributed by atoms with E-state index in [4.69, 9.17) is 9.47 Å². The zero-order chi connectivity index (χ0) is 18.6. The summed E-state index contributed by atoms with van der Waals surface area (Å²) in [4.78, 5) is 15.8. The Balaban J connectivity index is 1.55. The molecule has 5 heteroatoms. The minimum Gasteiger partial charge on any atom is -0.466 e. The number of thioether (sulfide) groups is 1. The van der Waals surface area contributed by atoms with Crippen molar-refractivity contribution in [3.8, 4) is 11.5 Å². The van der Waals surface area contributed by atoms with Gasteiger partial charge in [0, 0.05) is 18.7 Å². The van der Waals surface area contributed by atoms with Gasteiger partial charge in [0.05, 0.1) is 22.7 Å². The Morgan fingerprint density at radius 3 is 2.81 bits per heavy atom. The summed E-state index contributed by atoms with van der Waals surface area (Å²) in [5.41, 5.74) is 1.22. The summed E-state index contributed by atoms with van der Waals surface area (Å²) in [6, 6.07) is 16.5. The molecule has 1 saturated heterocycles. The Morgan fingerprint density at radius 1 is 1.19 bits per heavy atom. The molecule has 27 heavy (non-hydrogen) atoms. The molecule has 2 aliphatic rings. The van der Waals surface area contributed by atoms with Crippen LogP contribution in [0.5, 0.6) is 11.5 Å². The second kappa shape index (κ2) is 8.36. The predicted molar refractivity (Wildman–Crippen MR) is 107 cm³/mol. The number of benzene rings is 2. The molecular formula is C22H25NO3S. The number of likely N-dealkylation sites (tertiary alicyclic amines) is 1. The minimum absolute atomic E-state index is 0.00624. The number of hydrogen-bond donors (Lipinski definition) is 0. The summed E-state index contributed by atoms with van der Waals surface area (Å²) in [5.74, 6) is 1.79. The van der Waals surface area contributed by atoms with Gasteiger partial charge < -0.3 is 14.4 Å². The summed E-state index contributed by atoms with van der Waals surface area (Å²) in [7, 11) is 0. The monoisotopic (exact) mass is 383 g/mol. The number of nitrogens with zero attached hydrogens (tertiary/aromatic N) is 1. The van der Waals surface area contributed by atoms with Gasteiger partial charge in [0.25, 0.3) is 0 Å². The summed E-state index contributed by atoms with van der Waals surface area (Å²) in [6.45, 7) is 5.03. The highest BCUT2D eigenvalue weighted by Gasteiger charge is 2.31. The standard InChI is InChI=1S/C22H25NO3S/c1-2-25-22(24)16-8-7-13-23(14-16)15-21-17-9-3-4-10-18(17)26-19-11-5-6-12-20(19)27-21/h3-6,9-12,16,21H,2,7-8,13-15H2,1H3/t16?,21-/m0/s1. The lowest BCUT2D eigenvalue weighted by Crippen LogP contribution is -2.40. The van der Waals surface area contributed by atoms with E-state index in [2.05, 4.69) is 29.2 Å². The lowest BCUT2D eigenvalue weighted by Gasteiger charge is -2.33. The van der Waals surface area contributed by atoms with Crippen molar-refractivity contribution in [2.75, 3.05) is 26.2 Å². The molecule has 0 radical (unpaired) electrons. The number of rotatable bonds is 4. The quantitative estimate of drug-likeness (QED) is 0.702. The molecule has 0 aliphatic carbocycles. The van der Waals surface area contributed by atoms with E-state index in [1.807, 2.05) is 43.0 Å². The second-order valence-electron chi connectivity index (χ2n) is 7.04. The highest BCUT2D eigenvalue weighted by Crippen LogP contribution is 2.48. The van der Waals surface area contributed by atoms with E-state index in [-0.39, 0.29) is 17.1 Å². The molecule has 0 N–H and O–H groups in total. The summed E-state index contributed by atoms with van der Waals surface area (Å²) >= 11 is 1.85. The molecule has 0 amide bonds. The number of carbonyl (C=O) groups excluding carboxylic acids is 1. The van der Waals surface area contributed by atoms with Crippen molar-refractivity contribution in [1.82, 2.24) is 4.90 Å². The average molecular weight is 384 g/mol. The molecule has 142 valence electrons. The van der Waals surface area contributed by atoms with E-state index in [0.717, 1.165) is 48.9 Å². The van der Waals surface area contributed by atoms with E-state index >= 15 is 0 Å². The van der Waals surface area contributed by atoms with E-state index in [0.29, 0.717) is 6.61 Å². The smallest absolute Gasteiger partial charge is 0.310 e. The first kappa shape index (κ1) is 18.4. The largest absolute Gasteiger partial charge is 0.466 e. The van der Waals surface area contributed by atoms with Gasteiger partial charge in [-0.3, -0.25) is 4.79 Å².